The third-order valence-corrected chi connectivity index (χ3v) is 2.76. The van der Waals surface area contributed by atoms with Gasteiger partial charge in [0.15, 0.2) is 0 Å². The summed E-state index contributed by atoms with van der Waals surface area (Å²) in [5, 5.41) is 12.9. The van der Waals surface area contributed by atoms with Crippen LogP contribution >= 0.6 is 0 Å². The third kappa shape index (κ3) is 3.58. The van der Waals surface area contributed by atoms with Crippen LogP contribution in [0.25, 0.3) is 0 Å². The van der Waals surface area contributed by atoms with Crippen molar-refractivity contribution in [3.8, 4) is 5.75 Å². The van der Waals surface area contributed by atoms with Crippen molar-refractivity contribution in [1.29, 1.82) is 0 Å². The van der Waals surface area contributed by atoms with Crippen molar-refractivity contribution in [2.24, 2.45) is 7.05 Å². The van der Waals surface area contributed by atoms with Gasteiger partial charge in [0, 0.05) is 7.05 Å². The van der Waals surface area contributed by atoms with E-state index in [0.29, 0.717) is 12.4 Å². The van der Waals surface area contributed by atoms with E-state index in [2.05, 4.69) is 5.10 Å². The van der Waals surface area contributed by atoms with Gasteiger partial charge in [0.05, 0.1) is 17.8 Å². The number of carboxylic acid groups (broad SMARTS) is 1. The lowest BCUT2D eigenvalue weighted by molar-refractivity contribution is -0.136. The van der Waals surface area contributed by atoms with Crippen LogP contribution in [0.4, 0.5) is 0 Å². The first-order valence-electron chi connectivity index (χ1n) is 5.97. The van der Waals surface area contributed by atoms with Crippen LogP contribution in [0.5, 0.6) is 5.75 Å². The van der Waals surface area contributed by atoms with Crippen LogP contribution in [0.2, 0.25) is 0 Å². The minimum absolute atomic E-state index is 0.0290. The van der Waals surface area contributed by atoms with Crippen LogP contribution in [-0.2, 0) is 24.9 Å². The van der Waals surface area contributed by atoms with Gasteiger partial charge in [-0.3, -0.25) is 9.48 Å². The van der Waals surface area contributed by atoms with Gasteiger partial charge in [-0.1, -0.05) is 12.1 Å². The Hall–Kier alpha value is -2.30. The first kappa shape index (κ1) is 13.1. The summed E-state index contributed by atoms with van der Waals surface area (Å²) < 4.78 is 7.42. The predicted octanol–water partition coefficient (Wildman–Crippen LogP) is 1.93. The number of nitrogens with zero attached hydrogens (tertiary/aromatic N) is 2. The minimum atomic E-state index is -0.834. The summed E-state index contributed by atoms with van der Waals surface area (Å²) in [5.41, 5.74) is 2.71. The van der Waals surface area contributed by atoms with E-state index in [0.717, 1.165) is 17.0 Å². The fourth-order valence-electron chi connectivity index (χ4n) is 1.83. The SMILES string of the molecule is Cc1cc(COc2ccc(CC(=O)O)cc2)n(C)n1. The fraction of sp³-hybridized carbons (Fsp3) is 0.286. The van der Waals surface area contributed by atoms with E-state index in [1.54, 1.807) is 28.9 Å². The molecule has 2 rings (SSSR count). The van der Waals surface area contributed by atoms with E-state index in [1.807, 2.05) is 20.0 Å². The van der Waals surface area contributed by atoms with Crippen molar-refractivity contribution in [2.75, 3.05) is 0 Å². The molecule has 0 saturated heterocycles. The highest BCUT2D eigenvalue weighted by atomic mass is 16.5. The zero-order chi connectivity index (χ0) is 13.8. The van der Waals surface area contributed by atoms with Gasteiger partial charge in [0.25, 0.3) is 0 Å². The van der Waals surface area contributed by atoms with Crippen LogP contribution in [-0.4, -0.2) is 20.9 Å². The monoisotopic (exact) mass is 260 g/mol. The molecule has 1 aromatic carbocycles. The predicted molar refractivity (Wildman–Crippen MR) is 70.1 cm³/mol. The molecule has 0 amide bonds. The average molecular weight is 260 g/mol. The van der Waals surface area contributed by atoms with Gasteiger partial charge >= 0.3 is 5.97 Å². The number of hydrogen-bond donors (Lipinski definition) is 1. The summed E-state index contributed by atoms with van der Waals surface area (Å²) in [6.07, 6.45) is 0.0290. The van der Waals surface area contributed by atoms with Gasteiger partial charge in [-0.15, -0.1) is 0 Å². The Kier molecular flexibility index (Phi) is 3.85. The normalized spacial score (nSPS) is 10.4. The smallest absolute Gasteiger partial charge is 0.307 e. The van der Waals surface area contributed by atoms with Crippen molar-refractivity contribution in [3.63, 3.8) is 0 Å². The highest BCUT2D eigenvalue weighted by molar-refractivity contribution is 5.70. The second-order valence-electron chi connectivity index (χ2n) is 4.40. The molecule has 19 heavy (non-hydrogen) atoms. The summed E-state index contributed by atoms with van der Waals surface area (Å²) in [5.74, 6) is -0.118. The molecule has 0 saturated carbocycles. The number of aryl methyl sites for hydroxylation is 2. The molecular formula is C14H16N2O3. The average Bonchev–Trinajstić information content (AvgIpc) is 2.66. The minimum Gasteiger partial charge on any atom is -0.487 e. The molecule has 0 spiro atoms. The maximum absolute atomic E-state index is 10.6. The number of carboxylic acids is 1. The topological polar surface area (TPSA) is 64.3 Å². The molecule has 0 aliphatic heterocycles. The lowest BCUT2D eigenvalue weighted by Gasteiger charge is -2.07. The van der Waals surface area contributed by atoms with E-state index < -0.39 is 5.97 Å². The summed E-state index contributed by atoms with van der Waals surface area (Å²) >= 11 is 0. The molecule has 5 heteroatoms. The Balaban J connectivity index is 1.96. The molecule has 0 aliphatic carbocycles. The summed E-state index contributed by atoms with van der Waals surface area (Å²) in [6, 6.07) is 9.05. The van der Waals surface area contributed by atoms with Crippen molar-refractivity contribution >= 4 is 5.97 Å². The van der Waals surface area contributed by atoms with E-state index >= 15 is 0 Å². The zero-order valence-electron chi connectivity index (χ0n) is 11.0. The molecule has 0 radical (unpaired) electrons. The first-order chi connectivity index (χ1) is 9.04. The summed E-state index contributed by atoms with van der Waals surface area (Å²) in [6.45, 7) is 2.37. The Morgan fingerprint density at radius 3 is 2.58 bits per heavy atom. The molecule has 2 aromatic rings. The van der Waals surface area contributed by atoms with Gasteiger partial charge in [-0.05, 0) is 30.7 Å². The summed E-state index contributed by atoms with van der Waals surface area (Å²) in [4.78, 5) is 10.6. The lowest BCUT2D eigenvalue weighted by atomic mass is 10.1. The number of carbonyl (C=O) groups is 1. The number of rotatable bonds is 5. The van der Waals surface area contributed by atoms with Crippen molar-refractivity contribution in [2.45, 2.75) is 20.0 Å². The van der Waals surface area contributed by atoms with Gasteiger partial charge in [-0.2, -0.15) is 5.10 Å². The molecule has 1 N–H and O–H groups in total. The second kappa shape index (κ2) is 5.56. The molecule has 1 aromatic heterocycles. The molecule has 100 valence electrons. The Morgan fingerprint density at radius 1 is 1.37 bits per heavy atom. The van der Waals surface area contributed by atoms with Crippen LogP contribution < -0.4 is 4.74 Å². The number of aromatic nitrogens is 2. The highest BCUT2D eigenvalue weighted by Gasteiger charge is 2.04. The molecule has 0 unspecified atom stereocenters. The number of hydrogen-bond acceptors (Lipinski definition) is 3. The lowest BCUT2D eigenvalue weighted by Crippen LogP contribution is -2.03. The number of benzene rings is 1. The van der Waals surface area contributed by atoms with Crippen LogP contribution in [0.1, 0.15) is 17.0 Å². The van der Waals surface area contributed by atoms with Crippen LogP contribution in [0.15, 0.2) is 30.3 Å². The molecule has 0 bridgehead atoms. The van der Waals surface area contributed by atoms with Crippen molar-refractivity contribution in [1.82, 2.24) is 9.78 Å². The Labute approximate surface area is 111 Å². The Bertz CT molecular complexity index is 573. The number of ether oxygens (including phenoxy) is 1. The molecule has 5 nitrogen and oxygen atoms in total. The Morgan fingerprint density at radius 2 is 2.05 bits per heavy atom. The number of aliphatic carboxylic acids is 1. The molecule has 0 atom stereocenters. The summed E-state index contributed by atoms with van der Waals surface area (Å²) in [7, 11) is 1.88. The van der Waals surface area contributed by atoms with Crippen LogP contribution in [0, 0.1) is 6.92 Å². The molecular weight excluding hydrogens is 244 g/mol. The van der Waals surface area contributed by atoms with Gasteiger partial charge in [0.1, 0.15) is 12.4 Å². The van der Waals surface area contributed by atoms with Crippen molar-refractivity contribution in [3.05, 3.63) is 47.3 Å². The van der Waals surface area contributed by atoms with Gasteiger partial charge in [-0.25, -0.2) is 0 Å². The second-order valence-corrected chi connectivity index (χ2v) is 4.40. The van der Waals surface area contributed by atoms with E-state index in [4.69, 9.17) is 9.84 Å². The quantitative estimate of drug-likeness (QED) is 0.892. The van der Waals surface area contributed by atoms with Crippen LogP contribution in [0.3, 0.4) is 0 Å². The third-order valence-electron chi connectivity index (χ3n) is 2.76. The van der Waals surface area contributed by atoms with E-state index in [-0.39, 0.29) is 6.42 Å². The first-order valence-corrected chi connectivity index (χ1v) is 5.97. The molecule has 1 heterocycles. The van der Waals surface area contributed by atoms with Crippen molar-refractivity contribution < 1.29 is 14.6 Å². The van der Waals surface area contributed by atoms with E-state index in [1.165, 1.54) is 0 Å². The largest absolute Gasteiger partial charge is 0.487 e. The zero-order valence-corrected chi connectivity index (χ0v) is 11.0. The molecule has 0 fully saturated rings. The standard InChI is InChI=1S/C14H16N2O3/c1-10-7-12(16(2)15-10)9-19-13-5-3-11(4-6-13)8-14(17)18/h3-7H,8-9H2,1-2H3,(H,17,18). The van der Waals surface area contributed by atoms with Gasteiger partial charge in [0.2, 0.25) is 0 Å². The maximum Gasteiger partial charge on any atom is 0.307 e. The maximum atomic E-state index is 10.6. The van der Waals surface area contributed by atoms with Gasteiger partial charge < -0.3 is 9.84 Å². The fourth-order valence-corrected chi connectivity index (χ4v) is 1.83. The highest BCUT2D eigenvalue weighted by Crippen LogP contribution is 2.14. The molecule has 0 aliphatic rings. The van der Waals surface area contributed by atoms with E-state index in [9.17, 15) is 4.79 Å².